The van der Waals surface area contributed by atoms with Crippen LogP contribution in [0.1, 0.15) is 15.9 Å². The third-order valence-corrected chi connectivity index (χ3v) is 1.52. The second kappa shape index (κ2) is 4.48. The fourth-order valence-corrected chi connectivity index (χ4v) is 0.857. The Morgan fingerprint density at radius 2 is 1.80 bits per heavy atom. The molecule has 1 aromatic carbocycles. The number of carbonyl (C=O) groups is 1. The summed E-state index contributed by atoms with van der Waals surface area (Å²) in [6, 6.07) is 1.12. The molecule has 0 radical (unpaired) electrons. The summed E-state index contributed by atoms with van der Waals surface area (Å²) in [6.45, 7) is 0. The van der Waals surface area contributed by atoms with Gasteiger partial charge in [-0.15, -0.1) is 0 Å². The molecule has 15 heavy (non-hydrogen) atoms. The van der Waals surface area contributed by atoms with Crippen molar-refractivity contribution in [2.24, 2.45) is 0 Å². The summed E-state index contributed by atoms with van der Waals surface area (Å²) in [6.07, 6.45) is -4.69. The van der Waals surface area contributed by atoms with E-state index >= 15 is 0 Å². The number of benzene rings is 1. The van der Waals surface area contributed by atoms with E-state index in [1.807, 2.05) is 0 Å². The van der Waals surface area contributed by atoms with Crippen LogP contribution in [0.4, 0.5) is 17.6 Å². The summed E-state index contributed by atoms with van der Waals surface area (Å²) in [5, 5.41) is 10.2. The van der Waals surface area contributed by atoms with Crippen LogP contribution >= 0.6 is 0 Å². The van der Waals surface area contributed by atoms with Gasteiger partial charge in [0.25, 0.3) is 0 Å². The molecule has 1 aromatic rings. The van der Waals surface area contributed by atoms with E-state index in [-0.39, 0.29) is 18.5 Å². The van der Waals surface area contributed by atoms with Crippen LogP contribution < -0.4 is 17.5 Å². The van der Waals surface area contributed by atoms with Crippen molar-refractivity contribution < 1.29 is 39.9 Å². The SMILES string of the molecule is O=C([O-])c1ccc(C(F)(F)F)cc1F.[Cl-]. The molecule has 0 N–H and O–H groups in total. The zero-order valence-electron chi connectivity index (χ0n) is 6.94. The first-order chi connectivity index (χ1) is 6.32. The van der Waals surface area contributed by atoms with Crippen LogP contribution in [-0.2, 0) is 6.18 Å². The molecule has 2 nitrogen and oxygen atoms in total. The van der Waals surface area contributed by atoms with Gasteiger partial charge in [0.05, 0.1) is 11.5 Å². The van der Waals surface area contributed by atoms with Crippen LogP contribution in [0.5, 0.6) is 0 Å². The predicted octanol–water partition coefficient (Wildman–Crippen LogP) is -1.79. The molecular weight excluding hydrogens is 240 g/mol. The lowest BCUT2D eigenvalue weighted by molar-refractivity contribution is -0.255. The molecule has 0 spiro atoms. The topological polar surface area (TPSA) is 40.1 Å². The van der Waals surface area contributed by atoms with Gasteiger partial charge in [0, 0.05) is 5.56 Å². The van der Waals surface area contributed by atoms with Crippen molar-refractivity contribution in [3.8, 4) is 0 Å². The molecule has 0 aromatic heterocycles. The molecule has 0 unspecified atom stereocenters. The Hall–Kier alpha value is -1.30. The lowest BCUT2D eigenvalue weighted by atomic mass is 10.1. The van der Waals surface area contributed by atoms with Crippen LogP contribution in [0.15, 0.2) is 18.2 Å². The number of carboxylic acids is 1. The Morgan fingerprint density at radius 3 is 2.13 bits per heavy atom. The van der Waals surface area contributed by atoms with E-state index in [0.29, 0.717) is 12.1 Å². The highest BCUT2D eigenvalue weighted by atomic mass is 35.5. The Labute approximate surface area is 87.9 Å². The number of hydrogen-bond donors (Lipinski definition) is 0. The van der Waals surface area contributed by atoms with Gasteiger partial charge < -0.3 is 22.3 Å². The quantitative estimate of drug-likeness (QED) is 0.546. The molecule has 0 aliphatic heterocycles. The number of carboxylic acid groups (broad SMARTS) is 1. The van der Waals surface area contributed by atoms with Gasteiger partial charge in [-0.25, -0.2) is 4.39 Å². The van der Waals surface area contributed by atoms with Crippen LogP contribution in [0.3, 0.4) is 0 Å². The molecule has 0 saturated heterocycles. The minimum absolute atomic E-state index is 0. The monoisotopic (exact) mass is 242 g/mol. The Kier molecular flexibility index (Phi) is 4.09. The average molecular weight is 243 g/mol. The highest BCUT2D eigenvalue weighted by molar-refractivity contribution is 5.86. The number of carbonyl (C=O) groups excluding carboxylic acids is 1. The molecule has 0 aliphatic rings. The maximum Gasteiger partial charge on any atom is 0.416 e. The predicted molar refractivity (Wildman–Crippen MR) is 35.7 cm³/mol. The second-order valence-corrected chi connectivity index (χ2v) is 2.48. The first-order valence-corrected chi connectivity index (χ1v) is 3.40. The van der Waals surface area contributed by atoms with Crippen molar-refractivity contribution in [3.63, 3.8) is 0 Å². The van der Waals surface area contributed by atoms with Crippen LogP contribution in [0.25, 0.3) is 0 Å². The largest absolute Gasteiger partial charge is 1.00 e. The summed E-state index contributed by atoms with van der Waals surface area (Å²) in [5.41, 5.74) is -2.13. The molecule has 0 amide bonds. The molecule has 0 aliphatic carbocycles. The summed E-state index contributed by atoms with van der Waals surface area (Å²) in [5.74, 6) is -3.31. The zero-order valence-corrected chi connectivity index (χ0v) is 7.69. The molecule has 84 valence electrons. The molecule has 0 saturated carbocycles. The minimum Gasteiger partial charge on any atom is -1.00 e. The van der Waals surface area contributed by atoms with Crippen molar-refractivity contribution in [2.75, 3.05) is 0 Å². The third-order valence-electron chi connectivity index (χ3n) is 1.52. The highest BCUT2D eigenvalue weighted by Gasteiger charge is 2.31. The van der Waals surface area contributed by atoms with Gasteiger partial charge in [-0.2, -0.15) is 13.2 Å². The Morgan fingerprint density at radius 1 is 1.27 bits per heavy atom. The van der Waals surface area contributed by atoms with Crippen molar-refractivity contribution in [1.82, 2.24) is 0 Å². The molecule has 0 bridgehead atoms. The number of hydrogen-bond acceptors (Lipinski definition) is 2. The van der Waals surface area contributed by atoms with Crippen LogP contribution in [0.2, 0.25) is 0 Å². The van der Waals surface area contributed by atoms with E-state index in [2.05, 4.69) is 0 Å². The minimum atomic E-state index is -4.69. The summed E-state index contributed by atoms with van der Waals surface area (Å²) >= 11 is 0. The second-order valence-electron chi connectivity index (χ2n) is 2.48. The molecule has 1 rings (SSSR count). The lowest BCUT2D eigenvalue weighted by Crippen LogP contribution is -3.00. The lowest BCUT2D eigenvalue weighted by Gasteiger charge is -2.09. The van der Waals surface area contributed by atoms with Crippen molar-refractivity contribution in [2.45, 2.75) is 6.18 Å². The summed E-state index contributed by atoms with van der Waals surface area (Å²) < 4.78 is 48.6. The first-order valence-electron chi connectivity index (χ1n) is 3.40. The van der Waals surface area contributed by atoms with E-state index in [1.165, 1.54) is 0 Å². The van der Waals surface area contributed by atoms with Crippen LogP contribution in [0, 0.1) is 5.82 Å². The fraction of sp³-hybridized carbons (Fsp3) is 0.125. The highest BCUT2D eigenvalue weighted by Crippen LogP contribution is 2.29. The van der Waals surface area contributed by atoms with E-state index in [9.17, 15) is 27.5 Å². The zero-order chi connectivity index (χ0) is 10.9. The van der Waals surface area contributed by atoms with E-state index in [4.69, 9.17) is 0 Å². The molecular formula is C8H3ClF4O2-2. The van der Waals surface area contributed by atoms with Crippen molar-refractivity contribution >= 4 is 5.97 Å². The maximum atomic E-state index is 12.7. The van der Waals surface area contributed by atoms with Gasteiger partial charge >= 0.3 is 6.18 Å². The first kappa shape index (κ1) is 13.7. The Bertz CT molecular complexity index is 375. The van der Waals surface area contributed by atoms with Crippen molar-refractivity contribution in [1.29, 1.82) is 0 Å². The van der Waals surface area contributed by atoms with Crippen LogP contribution in [-0.4, -0.2) is 5.97 Å². The number of halogens is 5. The van der Waals surface area contributed by atoms with Gasteiger partial charge in [0.1, 0.15) is 5.82 Å². The molecule has 7 heteroatoms. The molecule has 0 heterocycles. The van der Waals surface area contributed by atoms with Crippen molar-refractivity contribution in [3.05, 3.63) is 35.1 Å². The molecule has 0 atom stereocenters. The van der Waals surface area contributed by atoms with E-state index in [1.54, 1.807) is 0 Å². The summed E-state index contributed by atoms with van der Waals surface area (Å²) in [4.78, 5) is 10.2. The maximum absolute atomic E-state index is 12.7. The Balaban J connectivity index is 0.00000196. The van der Waals surface area contributed by atoms with Gasteiger partial charge in [-0.1, -0.05) is 0 Å². The van der Waals surface area contributed by atoms with Gasteiger partial charge in [0.15, 0.2) is 0 Å². The van der Waals surface area contributed by atoms with E-state index < -0.39 is 29.1 Å². The van der Waals surface area contributed by atoms with Gasteiger partial charge in [0.2, 0.25) is 0 Å². The van der Waals surface area contributed by atoms with Gasteiger partial charge in [-0.3, -0.25) is 0 Å². The average Bonchev–Trinajstić information content (AvgIpc) is 2.01. The number of aromatic carboxylic acids is 1. The number of rotatable bonds is 1. The number of alkyl halides is 3. The summed E-state index contributed by atoms with van der Waals surface area (Å²) in [7, 11) is 0. The standard InChI is InChI=1S/C8H4F4O2.ClH/c9-6-3-4(8(10,11)12)1-2-5(6)7(13)14;/h1-3H,(H,13,14);1H/p-2. The smallest absolute Gasteiger partial charge is 0.416 e. The third kappa shape index (κ3) is 3.09. The fourth-order valence-electron chi connectivity index (χ4n) is 0.857. The normalized spacial score (nSPS) is 10.7. The van der Waals surface area contributed by atoms with Gasteiger partial charge in [-0.05, 0) is 18.2 Å². The van der Waals surface area contributed by atoms with E-state index in [0.717, 1.165) is 0 Å². The molecule has 0 fully saturated rings.